The highest BCUT2D eigenvalue weighted by Crippen LogP contribution is 2.37. The third-order valence-corrected chi connectivity index (χ3v) is 6.57. The summed E-state index contributed by atoms with van der Waals surface area (Å²) in [5.41, 5.74) is -0.571. The van der Waals surface area contributed by atoms with Crippen LogP contribution in [-0.2, 0) is 20.3 Å². The third kappa shape index (κ3) is 4.62. The van der Waals surface area contributed by atoms with E-state index in [1.165, 1.54) is 24.4 Å². The normalized spacial score (nSPS) is 19.0. The Morgan fingerprint density at radius 1 is 1.13 bits per heavy atom. The van der Waals surface area contributed by atoms with Crippen LogP contribution in [0.2, 0.25) is 0 Å². The monoisotopic (exact) mass is 446 g/mol. The van der Waals surface area contributed by atoms with Crippen molar-refractivity contribution in [2.75, 3.05) is 18.2 Å². The standard InChI is InChI=1S/C19H18F4N2O4S/c20-7-14(25-18(27)17(21)22)16(26)12-3-1-11(2-4-12)13-5-6-15(24-8-13)19(23)9-30(28,29)10-19/h1-6,8,14,16-17,26H,7,9-10H2,(H,25,27)/t14-,16-/m1/s1. The molecular weight excluding hydrogens is 428 g/mol. The quantitative estimate of drug-likeness (QED) is 0.635. The van der Waals surface area contributed by atoms with Gasteiger partial charge in [-0.15, -0.1) is 0 Å². The lowest BCUT2D eigenvalue weighted by Gasteiger charge is -2.32. The topological polar surface area (TPSA) is 96.4 Å². The first-order valence-electron chi connectivity index (χ1n) is 8.83. The number of aliphatic hydroxyl groups is 1. The van der Waals surface area contributed by atoms with E-state index in [-0.39, 0.29) is 11.3 Å². The number of alkyl halides is 4. The van der Waals surface area contributed by atoms with Gasteiger partial charge in [-0.3, -0.25) is 9.78 Å². The molecule has 2 aromatic rings. The zero-order valence-electron chi connectivity index (χ0n) is 15.4. The highest BCUT2D eigenvalue weighted by Gasteiger charge is 2.51. The number of nitrogens with zero attached hydrogens (tertiary/aromatic N) is 1. The largest absolute Gasteiger partial charge is 0.386 e. The van der Waals surface area contributed by atoms with Crippen molar-refractivity contribution in [3.63, 3.8) is 0 Å². The van der Waals surface area contributed by atoms with Gasteiger partial charge in [0, 0.05) is 11.8 Å². The van der Waals surface area contributed by atoms with E-state index in [1.54, 1.807) is 23.5 Å². The number of halogens is 4. The summed E-state index contributed by atoms with van der Waals surface area (Å²) < 4.78 is 74.7. The lowest BCUT2D eigenvalue weighted by molar-refractivity contribution is -0.133. The minimum atomic E-state index is -3.37. The van der Waals surface area contributed by atoms with Crippen LogP contribution in [0, 0.1) is 0 Å². The first-order valence-corrected chi connectivity index (χ1v) is 10.7. The Balaban J connectivity index is 1.71. The number of aliphatic hydroxyl groups excluding tert-OH is 1. The van der Waals surface area contributed by atoms with Crippen LogP contribution in [0.25, 0.3) is 11.1 Å². The average molecular weight is 446 g/mol. The van der Waals surface area contributed by atoms with Gasteiger partial charge in [-0.05, 0) is 17.2 Å². The Morgan fingerprint density at radius 2 is 1.73 bits per heavy atom. The number of carbonyl (C=O) groups is 1. The Kier molecular flexibility index (Phi) is 6.14. The second-order valence-electron chi connectivity index (χ2n) is 7.07. The van der Waals surface area contributed by atoms with E-state index in [9.17, 15) is 35.9 Å². The summed E-state index contributed by atoms with van der Waals surface area (Å²) in [4.78, 5) is 15.0. The van der Waals surface area contributed by atoms with Gasteiger partial charge >= 0.3 is 6.43 Å². The number of hydrogen-bond donors (Lipinski definition) is 2. The molecule has 3 rings (SSSR count). The molecule has 0 bridgehead atoms. The van der Waals surface area contributed by atoms with E-state index in [1.807, 2.05) is 0 Å². The van der Waals surface area contributed by atoms with Crippen LogP contribution in [0.15, 0.2) is 42.6 Å². The fourth-order valence-electron chi connectivity index (χ4n) is 3.19. The molecule has 2 atom stereocenters. The lowest BCUT2D eigenvalue weighted by Crippen LogP contribution is -2.49. The summed E-state index contributed by atoms with van der Waals surface area (Å²) in [6, 6.07) is 7.40. The predicted octanol–water partition coefficient (Wildman–Crippen LogP) is 2.09. The molecule has 0 unspecified atom stereocenters. The Labute approximate surface area is 169 Å². The van der Waals surface area contributed by atoms with E-state index >= 15 is 0 Å². The van der Waals surface area contributed by atoms with Crippen LogP contribution in [0.4, 0.5) is 17.6 Å². The van der Waals surface area contributed by atoms with Crippen LogP contribution in [-0.4, -0.2) is 55.1 Å². The van der Waals surface area contributed by atoms with E-state index < -0.39 is 58.2 Å². The first kappa shape index (κ1) is 22.2. The minimum Gasteiger partial charge on any atom is -0.386 e. The molecule has 1 fully saturated rings. The number of hydrogen-bond acceptors (Lipinski definition) is 5. The van der Waals surface area contributed by atoms with Crippen molar-refractivity contribution in [1.29, 1.82) is 0 Å². The van der Waals surface area contributed by atoms with Gasteiger partial charge in [0.15, 0.2) is 15.5 Å². The van der Waals surface area contributed by atoms with E-state index in [0.29, 0.717) is 11.1 Å². The van der Waals surface area contributed by atoms with Crippen molar-refractivity contribution in [3.8, 4) is 11.1 Å². The molecule has 1 aromatic heterocycles. The molecule has 1 aliphatic rings. The van der Waals surface area contributed by atoms with Crippen LogP contribution >= 0.6 is 0 Å². The molecule has 0 spiro atoms. The summed E-state index contributed by atoms with van der Waals surface area (Å²) in [6.07, 6.45) is -3.49. The first-order chi connectivity index (χ1) is 14.0. The predicted molar refractivity (Wildman–Crippen MR) is 100.0 cm³/mol. The lowest BCUT2D eigenvalue weighted by atomic mass is 9.98. The van der Waals surface area contributed by atoms with Crippen molar-refractivity contribution in [1.82, 2.24) is 10.3 Å². The van der Waals surface area contributed by atoms with Gasteiger partial charge in [0.1, 0.15) is 12.8 Å². The fourth-order valence-corrected chi connectivity index (χ4v) is 4.79. The number of sulfone groups is 1. The zero-order valence-corrected chi connectivity index (χ0v) is 16.3. The summed E-state index contributed by atoms with van der Waals surface area (Å²) in [5.74, 6) is -2.88. The number of amides is 1. The second kappa shape index (κ2) is 8.31. The van der Waals surface area contributed by atoms with Gasteiger partial charge in [-0.1, -0.05) is 30.3 Å². The Morgan fingerprint density at radius 3 is 2.20 bits per heavy atom. The maximum atomic E-state index is 14.5. The maximum Gasteiger partial charge on any atom is 0.315 e. The Hall–Kier alpha value is -2.53. The number of pyridine rings is 1. The number of benzene rings is 1. The number of nitrogens with one attached hydrogen (secondary N) is 1. The second-order valence-corrected chi connectivity index (χ2v) is 9.13. The zero-order chi connectivity index (χ0) is 22.1. The van der Waals surface area contributed by atoms with E-state index in [0.717, 1.165) is 0 Å². The SMILES string of the molecule is O=C(N[C@H](CF)[C@H](O)c1ccc(-c2ccc(C3(F)CS(=O)(=O)C3)nc2)cc1)C(F)F. The van der Waals surface area contributed by atoms with Gasteiger partial charge in [0.2, 0.25) is 0 Å². The maximum absolute atomic E-state index is 14.5. The number of rotatable bonds is 7. The molecule has 0 aliphatic carbocycles. The molecule has 0 saturated carbocycles. The molecular formula is C19H18F4N2O4S. The summed E-state index contributed by atoms with van der Waals surface area (Å²) in [5, 5.41) is 11.9. The average Bonchev–Trinajstić information content (AvgIpc) is 2.70. The molecule has 162 valence electrons. The van der Waals surface area contributed by atoms with E-state index in [4.69, 9.17) is 0 Å². The minimum absolute atomic E-state index is 0.0219. The van der Waals surface area contributed by atoms with Crippen molar-refractivity contribution >= 4 is 15.7 Å². The summed E-state index contributed by atoms with van der Waals surface area (Å²) >= 11 is 0. The van der Waals surface area contributed by atoms with Crippen molar-refractivity contribution in [2.24, 2.45) is 0 Å². The molecule has 1 amide bonds. The number of aromatic nitrogens is 1. The van der Waals surface area contributed by atoms with Crippen molar-refractivity contribution < 1.29 is 35.9 Å². The molecule has 2 heterocycles. The molecule has 2 N–H and O–H groups in total. The highest BCUT2D eigenvalue weighted by molar-refractivity contribution is 7.92. The van der Waals surface area contributed by atoms with Crippen LogP contribution in [0.5, 0.6) is 0 Å². The molecule has 1 aliphatic heterocycles. The molecule has 11 heteroatoms. The highest BCUT2D eigenvalue weighted by atomic mass is 32.2. The van der Waals surface area contributed by atoms with Crippen molar-refractivity contribution in [3.05, 3.63) is 53.9 Å². The smallest absolute Gasteiger partial charge is 0.315 e. The Bertz CT molecular complexity index is 1000. The van der Waals surface area contributed by atoms with Crippen LogP contribution in [0.1, 0.15) is 17.4 Å². The van der Waals surface area contributed by atoms with Gasteiger partial charge in [-0.25, -0.2) is 17.2 Å². The molecule has 6 nitrogen and oxygen atoms in total. The molecule has 0 radical (unpaired) electrons. The van der Waals surface area contributed by atoms with E-state index in [2.05, 4.69) is 4.98 Å². The number of carbonyl (C=O) groups excluding carboxylic acids is 1. The molecule has 30 heavy (non-hydrogen) atoms. The van der Waals surface area contributed by atoms with Gasteiger partial charge < -0.3 is 10.4 Å². The van der Waals surface area contributed by atoms with Gasteiger partial charge in [-0.2, -0.15) is 8.78 Å². The molecule has 1 aromatic carbocycles. The van der Waals surface area contributed by atoms with Crippen LogP contribution in [0.3, 0.4) is 0 Å². The fraction of sp³-hybridized carbons (Fsp3) is 0.368. The third-order valence-electron chi connectivity index (χ3n) is 4.78. The van der Waals surface area contributed by atoms with Crippen LogP contribution < -0.4 is 5.32 Å². The van der Waals surface area contributed by atoms with Crippen molar-refractivity contribution in [2.45, 2.75) is 24.2 Å². The van der Waals surface area contributed by atoms with Gasteiger partial charge in [0.25, 0.3) is 5.91 Å². The summed E-state index contributed by atoms with van der Waals surface area (Å²) in [7, 11) is -3.37. The molecule has 1 saturated heterocycles. The van der Waals surface area contributed by atoms with Gasteiger partial charge in [0.05, 0.1) is 23.2 Å². The summed E-state index contributed by atoms with van der Waals surface area (Å²) in [6.45, 7) is -1.24.